The number of hydrogen-bond acceptors (Lipinski definition) is 6. The lowest BCUT2D eigenvalue weighted by atomic mass is 10.0. The number of amides is 1. The number of hydrogen-bond donors (Lipinski definition) is 2. The number of nitrogens with one attached hydrogen (secondary N) is 1. The zero-order chi connectivity index (χ0) is 53.5. The summed E-state index contributed by atoms with van der Waals surface area (Å²) in [5.41, 5.74) is 0. The number of unbranched alkanes of at least 4 members (excludes halogenated alkanes) is 42. The van der Waals surface area contributed by atoms with Crippen molar-refractivity contribution in [1.29, 1.82) is 0 Å². The molecule has 0 aromatic heterocycles. The monoisotopic (exact) mass is 1050 g/mol. The largest absolute Gasteiger partial charge is 0.756 e. The van der Waals surface area contributed by atoms with Gasteiger partial charge in [-0.15, -0.1) is 0 Å². The molecule has 0 aromatic rings. The summed E-state index contributed by atoms with van der Waals surface area (Å²) in [6.45, 7) is 4.64. The van der Waals surface area contributed by atoms with Gasteiger partial charge in [0.05, 0.1) is 39.9 Å². The molecule has 0 saturated heterocycles. The number of carbonyl (C=O) groups excluding carboxylic acids is 1. The highest BCUT2D eigenvalue weighted by atomic mass is 31.2. The molecule has 0 aliphatic rings. The Morgan fingerprint density at radius 3 is 1.11 bits per heavy atom. The molecule has 9 heteroatoms. The second kappa shape index (κ2) is 55.5. The smallest absolute Gasteiger partial charge is 0.268 e. The average Bonchev–Trinajstić information content (AvgIpc) is 3.35. The van der Waals surface area contributed by atoms with Crippen LogP contribution in [0.2, 0.25) is 0 Å². The third-order valence-corrected chi connectivity index (χ3v) is 15.5. The first-order chi connectivity index (χ1) is 35.5. The zero-order valence-electron chi connectivity index (χ0n) is 49.4. The van der Waals surface area contributed by atoms with Gasteiger partial charge in [-0.1, -0.05) is 301 Å². The van der Waals surface area contributed by atoms with Crippen LogP contribution < -0.4 is 10.2 Å². The normalized spacial score (nSPS) is 14.0. The molecule has 8 nitrogen and oxygen atoms in total. The van der Waals surface area contributed by atoms with Gasteiger partial charge < -0.3 is 28.8 Å². The van der Waals surface area contributed by atoms with Gasteiger partial charge >= 0.3 is 0 Å². The lowest BCUT2D eigenvalue weighted by Gasteiger charge is -2.29. The molecule has 2 N–H and O–H groups in total. The van der Waals surface area contributed by atoms with E-state index in [1.807, 2.05) is 27.2 Å². The lowest BCUT2D eigenvalue weighted by Crippen LogP contribution is -2.45. The maximum Gasteiger partial charge on any atom is 0.268 e. The van der Waals surface area contributed by atoms with Gasteiger partial charge in [-0.2, -0.15) is 0 Å². The third kappa shape index (κ3) is 58.2. The molecule has 0 aliphatic carbocycles. The third-order valence-electron chi connectivity index (χ3n) is 14.6. The molecule has 0 saturated carbocycles. The number of carbonyl (C=O) groups is 1. The van der Waals surface area contributed by atoms with E-state index >= 15 is 0 Å². The molecule has 0 heterocycles. The Balaban J connectivity index is 3.95. The van der Waals surface area contributed by atoms with Crippen LogP contribution in [-0.2, 0) is 18.4 Å². The van der Waals surface area contributed by atoms with E-state index in [4.69, 9.17) is 9.05 Å². The van der Waals surface area contributed by atoms with Crippen molar-refractivity contribution in [2.45, 2.75) is 328 Å². The molecule has 0 rings (SSSR count). The number of nitrogens with zero attached hydrogens (tertiary/aromatic N) is 1. The van der Waals surface area contributed by atoms with Crippen LogP contribution in [0.4, 0.5) is 0 Å². The Hall–Kier alpha value is -1.28. The van der Waals surface area contributed by atoms with Crippen molar-refractivity contribution in [3.05, 3.63) is 36.5 Å². The number of likely N-dealkylation sites (N-methyl/N-ethyl adjacent to an activating group) is 1. The van der Waals surface area contributed by atoms with Crippen LogP contribution >= 0.6 is 7.82 Å². The molecule has 0 radical (unpaired) electrons. The van der Waals surface area contributed by atoms with Gasteiger partial charge in [0.2, 0.25) is 5.91 Å². The number of phosphoric ester groups is 1. The van der Waals surface area contributed by atoms with E-state index in [-0.39, 0.29) is 12.5 Å². The number of aliphatic hydroxyl groups is 1. The molecule has 3 unspecified atom stereocenters. The van der Waals surface area contributed by atoms with Crippen molar-refractivity contribution in [3.63, 3.8) is 0 Å². The van der Waals surface area contributed by atoms with Crippen molar-refractivity contribution in [2.24, 2.45) is 0 Å². The van der Waals surface area contributed by atoms with Gasteiger partial charge in [-0.3, -0.25) is 9.36 Å². The number of quaternary nitrogens is 1. The summed E-state index contributed by atoms with van der Waals surface area (Å²) in [6.07, 6.45) is 72.7. The molecule has 0 spiro atoms. The zero-order valence-corrected chi connectivity index (χ0v) is 50.3. The molecular weight excluding hydrogens is 924 g/mol. The summed E-state index contributed by atoms with van der Waals surface area (Å²) in [4.78, 5) is 25.5. The minimum atomic E-state index is -4.61. The Bertz CT molecular complexity index is 1280. The summed E-state index contributed by atoms with van der Waals surface area (Å²) >= 11 is 0. The number of allylic oxidation sites excluding steroid dienone is 5. The van der Waals surface area contributed by atoms with Crippen molar-refractivity contribution in [1.82, 2.24) is 5.32 Å². The van der Waals surface area contributed by atoms with Crippen LogP contribution in [0.15, 0.2) is 36.5 Å². The van der Waals surface area contributed by atoms with Crippen molar-refractivity contribution < 1.29 is 32.9 Å². The highest BCUT2D eigenvalue weighted by Crippen LogP contribution is 2.38. The summed E-state index contributed by atoms with van der Waals surface area (Å²) in [5.74, 6) is -0.206. The molecule has 0 bridgehead atoms. The number of rotatable bonds is 59. The van der Waals surface area contributed by atoms with E-state index in [1.165, 1.54) is 250 Å². The topological polar surface area (TPSA) is 108 Å². The molecule has 0 fully saturated rings. The van der Waals surface area contributed by atoms with E-state index in [2.05, 4.69) is 43.5 Å². The minimum absolute atomic E-state index is 0.00749. The van der Waals surface area contributed by atoms with Gasteiger partial charge in [0, 0.05) is 6.42 Å². The van der Waals surface area contributed by atoms with E-state index in [9.17, 15) is 19.4 Å². The van der Waals surface area contributed by atoms with Gasteiger partial charge in [-0.05, 0) is 44.9 Å². The second-order valence-corrected chi connectivity index (χ2v) is 24.5. The molecule has 0 aromatic carbocycles. The Morgan fingerprint density at radius 2 is 0.767 bits per heavy atom. The van der Waals surface area contributed by atoms with Crippen LogP contribution in [0.3, 0.4) is 0 Å². The Labute approximate surface area is 455 Å². The van der Waals surface area contributed by atoms with E-state index in [0.717, 1.165) is 44.9 Å². The van der Waals surface area contributed by atoms with Crippen LogP contribution in [-0.4, -0.2) is 68.5 Å². The van der Waals surface area contributed by atoms with Crippen molar-refractivity contribution >= 4 is 13.7 Å². The maximum atomic E-state index is 13.0. The first kappa shape index (κ1) is 71.7. The number of aliphatic hydroxyl groups excluding tert-OH is 1. The van der Waals surface area contributed by atoms with E-state index in [0.29, 0.717) is 17.4 Å². The predicted molar refractivity (Wildman–Crippen MR) is 316 cm³/mol. The van der Waals surface area contributed by atoms with Crippen molar-refractivity contribution in [3.8, 4) is 0 Å². The molecule has 432 valence electrons. The minimum Gasteiger partial charge on any atom is -0.756 e. The molecule has 73 heavy (non-hydrogen) atoms. The summed E-state index contributed by atoms with van der Waals surface area (Å²) < 4.78 is 23.3. The Kier molecular flexibility index (Phi) is 54.5. The first-order valence-corrected chi connectivity index (χ1v) is 33.3. The first-order valence-electron chi connectivity index (χ1n) is 31.9. The number of phosphoric acid groups is 1. The summed E-state index contributed by atoms with van der Waals surface area (Å²) in [6, 6.07) is -0.907. The highest BCUT2D eigenvalue weighted by molar-refractivity contribution is 7.45. The fourth-order valence-electron chi connectivity index (χ4n) is 9.60. The predicted octanol–water partition coefficient (Wildman–Crippen LogP) is 19.1. The SMILES string of the molecule is CCCCCCC/C=C/CC/C=C/CC/C=C/C(O)C(COP(=O)([O-])OCC[N+](C)(C)C)NC(=O)CCCCCCCCCCCCCCCCCCCCCCCCCCCCCCCCCCCCCC. The van der Waals surface area contributed by atoms with Crippen LogP contribution in [0.5, 0.6) is 0 Å². The van der Waals surface area contributed by atoms with Crippen molar-refractivity contribution in [2.75, 3.05) is 40.9 Å². The van der Waals surface area contributed by atoms with Crippen LogP contribution in [0.1, 0.15) is 316 Å². The standard InChI is InChI=1S/C64H125N2O6P/c1-6-8-10-12-14-16-18-20-22-23-24-25-26-27-28-29-30-31-32-33-34-35-36-37-38-39-40-41-42-44-46-48-50-52-54-56-58-64(68)65-62(61-72-73(69,70)71-60-59-66(3,4)5)63(67)57-55-53-51-49-47-45-43-21-19-17-15-13-11-9-7-2/h19,21,47,49,55,57,62-63,67H,6-18,20,22-46,48,50-54,56,58-61H2,1-5H3,(H-,65,68,69,70)/b21-19+,49-47+,57-55+. The average molecular weight is 1050 g/mol. The van der Waals surface area contributed by atoms with Crippen LogP contribution in [0, 0.1) is 0 Å². The van der Waals surface area contributed by atoms with Gasteiger partial charge in [0.15, 0.2) is 0 Å². The van der Waals surface area contributed by atoms with Crippen LogP contribution in [0.25, 0.3) is 0 Å². The molecule has 3 atom stereocenters. The fraction of sp³-hybridized carbons (Fsp3) is 0.891. The van der Waals surface area contributed by atoms with Gasteiger partial charge in [0.1, 0.15) is 13.2 Å². The van der Waals surface area contributed by atoms with Gasteiger partial charge in [0.25, 0.3) is 7.82 Å². The summed E-state index contributed by atoms with van der Waals surface area (Å²) in [7, 11) is 1.25. The maximum absolute atomic E-state index is 13.0. The van der Waals surface area contributed by atoms with Gasteiger partial charge in [-0.25, -0.2) is 0 Å². The second-order valence-electron chi connectivity index (χ2n) is 23.1. The summed E-state index contributed by atoms with van der Waals surface area (Å²) in [5, 5.41) is 13.8. The van der Waals surface area contributed by atoms with E-state index < -0.39 is 26.6 Å². The lowest BCUT2D eigenvalue weighted by molar-refractivity contribution is -0.870. The molecule has 1 amide bonds. The Morgan fingerprint density at radius 1 is 0.466 bits per heavy atom. The highest BCUT2D eigenvalue weighted by Gasteiger charge is 2.23. The fourth-order valence-corrected chi connectivity index (χ4v) is 10.3. The quantitative estimate of drug-likeness (QED) is 0.0272. The van der Waals surface area contributed by atoms with E-state index in [1.54, 1.807) is 6.08 Å². The molecule has 0 aliphatic heterocycles. The molecular formula is C64H125N2O6P.